The lowest BCUT2D eigenvalue weighted by molar-refractivity contribution is -0.123. The molecule has 0 rings (SSSR count). The SMILES string of the molecule is C=CCNC(=O)[C@@H](N)[C@@H](C)CC. The van der Waals surface area contributed by atoms with Crippen LogP contribution in [0.4, 0.5) is 0 Å². The van der Waals surface area contributed by atoms with Crippen LogP contribution in [0, 0.1) is 5.92 Å². The van der Waals surface area contributed by atoms with Crippen molar-refractivity contribution >= 4 is 5.91 Å². The van der Waals surface area contributed by atoms with Gasteiger partial charge in [-0.2, -0.15) is 0 Å². The minimum Gasteiger partial charge on any atom is -0.351 e. The van der Waals surface area contributed by atoms with E-state index in [1.165, 1.54) is 0 Å². The number of carbonyl (C=O) groups is 1. The van der Waals surface area contributed by atoms with E-state index >= 15 is 0 Å². The van der Waals surface area contributed by atoms with Crippen LogP contribution >= 0.6 is 0 Å². The largest absolute Gasteiger partial charge is 0.351 e. The predicted octanol–water partition coefficient (Wildman–Crippen LogP) is 0.662. The fourth-order valence-electron chi connectivity index (χ4n) is 0.803. The van der Waals surface area contributed by atoms with Gasteiger partial charge in [0.2, 0.25) is 5.91 Å². The Hall–Kier alpha value is -0.830. The molecule has 0 aromatic carbocycles. The molecule has 70 valence electrons. The molecule has 0 aliphatic carbocycles. The molecule has 3 heteroatoms. The Morgan fingerprint density at radius 1 is 1.75 bits per heavy atom. The standard InChI is InChI=1S/C9H18N2O/c1-4-6-11-9(12)8(10)7(3)5-2/h4,7-8H,1,5-6,10H2,2-3H3,(H,11,12)/t7-,8-/m0/s1. The molecule has 0 aliphatic rings. The summed E-state index contributed by atoms with van der Waals surface area (Å²) in [7, 11) is 0. The molecule has 0 aromatic heterocycles. The minimum atomic E-state index is -0.394. The molecule has 0 fully saturated rings. The molecule has 1 amide bonds. The zero-order valence-corrected chi connectivity index (χ0v) is 7.84. The lowest BCUT2D eigenvalue weighted by atomic mass is 9.99. The van der Waals surface area contributed by atoms with Crippen LogP contribution in [-0.4, -0.2) is 18.5 Å². The van der Waals surface area contributed by atoms with E-state index in [2.05, 4.69) is 11.9 Å². The van der Waals surface area contributed by atoms with Crippen molar-refractivity contribution in [1.29, 1.82) is 0 Å². The zero-order valence-electron chi connectivity index (χ0n) is 7.84. The van der Waals surface area contributed by atoms with Crippen molar-refractivity contribution in [1.82, 2.24) is 5.32 Å². The van der Waals surface area contributed by atoms with Crippen LogP contribution in [0.3, 0.4) is 0 Å². The Bertz CT molecular complexity index is 157. The fraction of sp³-hybridized carbons (Fsp3) is 0.667. The van der Waals surface area contributed by atoms with Gasteiger partial charge < -0.3 is 11.1 Å². The highest BCUT2D eigenvalue weighted by atomic mass is 16.2. The van der Waals surface area contributed by atoms with Gasteiger partial charge in [0.25, 0.3) is 0 Å². The van der Waals surface area contributed by atoms with E-state index in [0.29, 0.717) is 6.54 Å². The van der Waals surface area contributed by atoms with Crippen molar-refractivity contribution in [3.05, 3.63) is 12.7 Å². The van der Waals surface area contributed by atoms with Crippen LogP contribution in [0.1, 0.15) is 20.3 Å². The van der Waals surface area contributed by atoms with Gasteiger partial charge in [-0.25, -0.2) is 0 Å². The van der Waals surface area contributed by atoms with Crippen molar-refractivity contribution in [2.45, 2.75) is 26.3 Å². The molecule has 0 heterocycles. The third-order valence-electron chi connectivity index (χ3n) is 1.98. The molecular weight excluding hydrogens is 152 g/mol. The molecule has 0 unspecified atom stereocenters. The monoisotopic (exact) mass is 170 g/mol. The third kappa shape index (κ3) is 3.53. The third-order valence-corrected chi connectivity index (χ3v) is 1.98. The molecule has 3 nitrogen and oxygen atoms in total. The quantitative estimate of drug-likeness (QED) is 0.596. The number of nitrogens with one attached hydrogen (secondary N) is 1. The second-order valence-electron chi connectivity index (χ2n) is 2.95. The summed E-state index contributed by atoms with van der Waals surface area (Å²) < 4.78 is 0. The summed E-state index contributed by atoms with van der Waals surface area (Å²) in [4.78, 5) is 11.2. The molecule has 0 aromatic rings. The van der Waals surface area contributed by atoms with E-state index in [4.69, 9.17) is 5.73 Å². The molecule has 0 spiro atoms. The lowest BCUT2D eigenvalue weighted by Crippen LogP contribution is -2.44. The van der Waals surface area contributed by atoms with Gasteiger partial charge in [-0.05, 0) is 5.92 Å². The van der Waals surface area contributed by atoms with Crippen molar-refractivity contribution in [2.24, 2.45) is 11.7 Å². The van der Waals surface area contributed by atoms with E-state index < -0.39 is 6.04 Å². The van der Waals surface area contributed by atoms with E-state index in [1.54, 1.807) is 6.08 Å². The van der Waals surface area contributed by atoms with Gasteiger partial charge in [-0.1, -0.05) is 26.3 Å². The summed E-state index contributed by atoms with van der Waals surface area (Å²) >= 11 is 0. The maximum Gasteiger partial charge on any atom is 0.237 e. The summed E-state index contributed by atoms with van der Waals surface area (Å²) in [5.41, 5.74) is 5.67. The maximum absolute atomic E-state index is 11.2. The summed E-state index contributed by atoms with van der Waals surface area (Å²) in [6.07, 6.45) is 2.56. The van der Waals surface area contributed by atoms with Crippen LogP contribution in [0.25, 0.3) is 0 Å². The first-order valence-electron chi connectivity index (χ1n) is 4.27. The molecular formula is C9H18N2O. The molecule has 2 atom stereocenters. The molecule has 0 aliphatic heterocycles. The highest BCUT2D eigenvalue weighted by molar-refractivity contribution is 5.81. The van der Waals surface area contributed by atoms with Crippen LogP contribution in [0.5, 0.6) is 0 Å². The van der Waals surface area contributed by atoms with Gasteiger partial charge in [0, 0.05) is 6.54 Å². The number of nitrogens with two attached hydrogens (primary N) is 1. The first-order chi connectivity index (χ1) is 5.63. The average Bonchev–Trinajstić information content (AvgIpc) is 2.11. The molecule has 12 heavy (non-hydrogen) atoms. The maximum atomic E-state index is 11.2. The van der Waals surface area contributed by atoms with E-state index in [0.717, 1.165) is 6.42 Å². The molecule has 0 saturated carbocycles. The first-order valence-corrected chi connectivity index (χ1v) is 4.27. The highest BCUT2D eigenvalue weighted by Gasteiger charge is 2.17. The molecule has 0 saturated heterocycles. The van der Waals surface area contributed by atoms with Gasteiger partial charge >= 0.3 is 0 Å². The Balaban J connectivity index is 3.83. The van der Waals surface area contributed by atoms with E-state index in [9.17, 15) is 4.79 Å². The van der Waals surface area contributed by atoms with Crippen molar-refractivity contribution in [3.63, 3.8) is 0 Å². The van der Waals surface area contributed by atoms with Gasteiger partial charge in [0.05, 0.1) is 6.04 Å². The Morgan fingerprint density at radius 3 is 2.75 bits per heavy atom. The summed E-state index contributed by atoms with van der Waals surface area (Å²) in [6, 6.07) is -0.394. The summed E-state index contributed by atoms with van der Waals surface area (Å²) in [6.45, 7) is 7.98. The average molecular weight is 170 g/mol. The molecule has 0 radical (unpaired) electrons. The number of amides is 1. The minimum absolute atomic E-state index is 0.0933. The van der Waals surface area contributed by atoms with Gasteiger partial charge in [-0.3, -0.25) is 4.79 Å². The topological polar surface area (TPSA) is 55.1 Å². The predicted molar refractivity (Wildman–Crippen MR) is 50.6 cm³/mol. The van der Waals surface area contributed by atoms with Crippen molar-refractivity contribution in [2.75, 3.05) is 6.54 Å². The van der Waals surface area contributed by atoms with Gasteiger partial charge in [0.15, 0.2) is 0 Å². The second kappa shape index (κ2) is 5.77. The van der Waals surface area contributed by atoms with Crippen molar-refractivity contribution < 1.29 is 4.79 Å². The fourth-order valence-corrected chi connectivity index (χ4v) is 0.803. The van der Waals surface area contributed by atoms with Crippen LogP contribution in [0.15, 0.2) is 12.7 Å². The molecule has 3 N–H and O–H groups in total. The van der Waals surface area contributed by atoms with E-state index in [-0.39, 0.29) is 11.8 Å². The summed E-state index contributed by atoms with van der Waals surface area (Å²) in [5.74, 6) is 0.138. The number of hydrogen-bond donors (Lipinski definition) is 2. The number of rotatable bonds is 5. The van der Waals surface area contributed by atoms with Crippen LogP contribution < -0.4 is 11.1 Å². The Kier molecular flexibility index (Phi) is 5.37. The second-order valence-corrected chi connectivity index (χ2v) is 2.95. The van der Waals surface area contributed by atoms with E-state index in [1.807, 2.05) is 13.8 Å². The highest BCUT2D eigenvalue weighted by Crippen LogP contribution is 2.04. The van der Waals surface area contributed by atoms with Gasteiger partial charge in [-0.15, -0.1) is 6.58 Å². The lowest BCUT2D eigenvalue weighted by Gasteiger charge is -2.16. The first kappa shape index (κ1) is 11.2. The normalized spacial score (nSPS) is 14.9. The van der Waals surface area contributed by atoms with Crippen LogP contribution in [-0.2, 0) is 4.79 Å². The van der Waals surface area contributed by atoms with Gasteiger partial charge in [0.1, 0.15) is 0 Å². The van der Waals surface area contributed by atoms with Crippen LogP contribution in [0.2, 0.25) is 0 Å². The Labute approximate surface area is 74.0 Å². The number of carbonyl (C=O) groups excluding carboxylic acids is 1. The smallest absolute Gasteiger partial charge is 0.237 e. The Morgan fingerprint density at radius 2 is 2.33 bits per heavy atom. The summed E-state index contributed by atoms with van der Waals surface area (Å²) in [5, 5.41) is 2.67. The number of hydrogen-bond acceptors (Lipinski definition) is 2. The zero-order chi connectivity index (χ0) is 9.56. The molecule has 0 bridgehead atoms. The van der Waals surface area contributed by atoms with Crippen molar-refractivity contribution in [3.8, 4) is 0 Å².